The Morgan fingerprint density at radius 2 is 2.20 bits per heavy atom. The van der Waals surface area contributed by atoms with E-state index in [2.05, 4.69) is 20.7 Å². The van der Waals surface area contributed by atoms with Gasteiger partial charge in [0.1, 0.15) is 0 Å². The topological polar surface area (TPSA) is 98.1 Å². The summed E-state index contributed by atoms with van der Waals surface area (Å²) in [5.74, 6) is -0.333. The summed E-state index contributed by atoms with van der Waals surface area (Å²) in [5, 5.41) is 10.0. The summed E-state index contributed by atoms with van der Waals surface area (Å²) in [7, 11) is 1.58. The summed E-state index contributed by atoms with van der Waals surface area (Å²) in [5.41, 5.74) is 2.63. The van der Waals surface area contributed by atoms with E-state index in [0.29, 0.717) is 42.9 Å². The second-order valence-corrected chi connectivity index (χ2v) is 5.95. The number of ether oxygens (including phenoxy) is 1. The number of carbonyl (C=O) groups excluding carboxylic acids is 2. The van der Waals surface area contributed by atoms with Gasteiger partial charge in [0.05, 0.1) is 42.2 Å². The normalized spacial score (nSPS) is 15.7. The van der Waals surface area contributed by atoms with E-state index in [1.807, 2.05) is 0 Å². The van der Waals surface area contributed by atoms with Gasteiger partial charge < -0.3 is 15.4 Å². The van der Waals surface area contributed by atoms with Crippen LogP contribution in [0.4, 0.5) is 0 Å². The Kier molecular flexibility index (Phi) is 5.08. The lowest BCUT2D eigenvalue weighted by Crippen LogP contribution is -2.36. The second-order valence-electron chi connectivity index (χ2n) is 5.95. The highest BCUT2D eigenvalue weighted by Crippen LogP contribution is 2.19. The number of aromatic nitrogens is 3. The third-order valence-corrected chi connectivity index (χ3v) is 4.20. The molecule has 0 bridgehead atoms. The number of pyridine rings is 1. The Morgan fingerprint density at radius 1 is 1.36 bits per heavy atom. The van der Waals surface area contributed by atoms with Crippen LogP contribution in [-0.4, -0.2) is 52.9 Å². The van der Waals surface area contributed by atoms with Crippen molar-refractivity contribution in [1.29, 1.82) is 0 Å². The molecule has 8 heteroatoms. The lowest BCUT2D eigenvalue weighted by molar-refractivity contribution is 0.0931. The van der Waals surface area contributed by atoms with Gasteiger partial charge >= 0.3 is 0 Å². The van der Waals surface area contributed by atoms with E-state index in [4.69, 9.17) is 4.74 Å². The van der Waals surface area contributed by atoms with Gasteiger partial charge in [-0.3, -0.25) is 19.3 Å². The van der Waals surface area contributed by atoms with Gasteiger partial charge in [0, 0.05) is 32.0 Å². The van der Waals surface area contributed by atoms with E-state index in [9.17, 15) is 9.59 Å². The zero-order valence-corrected chi connectivity index (χ0v) is 14.3. The van der Waals surface area contributed by atoms with E-state index in [-0.39, 0.29) is 17.9 Å². The zero-order chi connectivity index (χ0) is 17.8. The number of nitrogens with one attached hydrogen (secondary N) is 2. The third kappa shape index (κ3) is 3.69. The highest BCUT2D eigenvalue weighted by atomic mass is 16.5. The number of hydrogen-bond donors (Lipinski definition) is 2. The highest BCUT2D eigenvalue weighted by Gasteiger charge is 2.29. The van der Waals surface area contributed by atoms with Crippen molar-refractivity contribution in [2.75, 3.05) is 20.3 Å². The fourth-order valence-corrected chi connectivity index (χ4v) is 2.93. The third-order valence-electron chi connectivity index (χ3n) is 4.20. The van der Waals surface area contributed by atoms with Crippen LogP contribution in [0.5, 0.6) is 0 Å². The van der Waals surface area contributed by atoms with Crippen molar-refractivity contribution in [1.82, 2.24) is 25.4 Å². The predicted octanol–water partition coefficient (Wildman–Crippen LogP) is 0.317. The molecule has 0 saturated carbocycles. The Hall–Kier alpha value is -2.74. The molecule has 0 unspecified atom stereocenters. The number of aryl methyl sites for hydroxylation is 1. The van der Waals surface area contributed by atoms with Crippen molar-refractivity contribution >= 4 is 11.8 Å². The first-order valence-corrected chi connectivity index (χ1v) is 8.14. The van der Waals surface area contributed by atoms with E-state index < -0.39 is 0 Å². The predicted molar refractivity (Wildman–Crippen MR) is 90.4 cm³/mol. The summed E-state index contributed by atoms with van der Waals surface area (Å²) in [6, 6.07) is 3.39. The van der Waals surface area contributed by atoms with Crippen LogP contribution in [0.3, 0.4) is 0 Å². The Balaban J connectivity index is 1.63. The summed E-state index contributed by atoms with van der Waals surface area (Å²) in [6.45, 7) is 3.25. The molecule has 0 aliphatic carbocycles. The average molecular weight is 343 g/mol. The van der Waals surface area contributed by atoms with Gasteiger partial charge in [-0.2, -0.15) is 5.10 Å². The van der Waals surface area contributed by atoms with Crippen molar-refractivity contribution < 1.29 is 14.3 Å². The molecular formula is C17H21N5O3. The Morgan fingerprint density at radius 3 is 2.96 bits per heavy atom. The van der Waals surface area contributed by atoms with Crippen LogP contribution in [0.15, 0.2) is 24.5 Å². The van der Waals surface area contributed by atoms with Crippen molar-refractivity contribution in [3.63, 3.8) is 0 Å². The molecule has 1 aliphatic rings. The van der Waals surface area contributed by atoms with Crippen LogP contribution in [0.1, 0.15) is 32.1 Å². The van der Waals surface area contributed by atoms with Gasteiger partial charge in [0.15, 0.2) is 0 Å². The molecule has 2 aromatic heterocycles. The molecule has 132 valence electrons. The summed E-state index contributed by atoms with van der Waals surface area (Å²) in [6.07, 6.45) is 3.80. The van der Waals surface area contributed by atoms with Crippen LogP contribution in [0.25, 0.3) is 0 Å². The maximum absolute atomic E-state index is 12.4. The quantitative estimate of drug-likeness (QED) is 0.736. The number of rotatable bonds is 6. The SMILES string of the molecule is COCCNC(=O)c1cnn2c1C[C@H](NC(=O)c1cccnc1C)C2. The molecule has 8 nitrogen and oxygen atoms in total. The molecule has 1 aliphatic heterocycles. The maximum Gasteiger partial charge on any atom is 0.254 e. The largest absolute Gasteiger partial charge is 0.383 e. The van der Waals surface area contributed by atoms with E-state index in [1.54, 1.807) is 43.2 Å². The summed E-state index contributed by atoms with van der Waals surface area (Å²) >= 11 is 0. The number of fused-ring (bicyclic) bond motifs is 1. The van der Waals surface area contributed by atoms with E-state index >= 15 is 0 Å². The first kappa shape index (κ1) is 17.1. The molecule has 1 atom stereocenters. The van der Waals surface area contributed by atoms with E-state index in [1.165, 1.54) is 0 Å². The standard InChI is InChI=1S/C17H21N5O3/c1-11-13(4-3-5-18-11)17(24)21-12-8-15-14(9-20-22(15)10-12)16(23)19-6-7-25-2/h3-5,9,12H,6-8,10H2,1-2H3,(H,19,23)(H,21,24)/t12-/m0/s1. The van der Waals surface area contributed by atoms with Crippen molar-refractivity contribution in [3.8, 4) is 0 Å². The fourth-order valence-electron chi connectivity index (χ4n) is 2.93. The number of hydrogen-bond acceptors (Lipinski definition) is 5. The molecule has 0 fully saturated rings. The van der Waals surface area contributed by atoms with Crippen LogP contribution < -0.4 is 10.6 Å². The fraction of sp³-hybridized carbons (Fsp3) is 0.412. The summed E-state index contributed by atoms with van der Waals surface area (Å²) in [4.78, 5) is 28.8. The smallest absolute Gasteiger partial charge is 0.254 e. The molecule has 0 saturated heterocycles. The monoisotopic (exact) mass is 343 g/mol. The number of carbonyl (C=O) groups is 2. The van der Waals surface area contributed by atoms with Gasteiger partial charge in [0.2, 0.25) is 0 Å². The minimum Gasteiger partial charge on any atom is -0.383 e. The van der Waals surface area contributed by atoms with Crippen molar-refractivity contribution in [2.45, 2.75) is 25.9 Å². The second kappa shape index (κ2) is 7.43. The maximum atomic E-state index is 12.4. The van der Waals surface area contributed by atoms with Gasteiger partial charge in [-0.25, -0.2) is 0 Å². The number of amides is 2. The van der Waals surface area contributed by atoms with Gasteiger partial charge in [-0.1, -0.05) is 0 Å². The Labute approximate surface area is 145 Å². The summed E-state index contributed by atoms with van der Waals surface area (Å²) < 4.78 is 6.70. The average Bonchev–Trinajstić information content (AvgIpc) is 3.15. The first-order valence-electron chi connectivity index (χ1n) is 8.14. The zero-order valence-electron chi connectivity index (χ0n) is 14.3. The molecule has 2 aromatic rings. The van der Waals surface area contributed by atoms with Gasteiger partial charge in [-0.15, -0.1) is 0 Å². The van der Waals surface area contributed by atoms with Crippen LogP contribution in [0, 0.1) is 6.92 Å². The minimum atomic E-state index is -0.173. The number of nitrogens with zero attached hydrogens (tertiary/aromatic N) is 3. The molecule has 0 radical (unpaired) electrons. The molecule has 2 N–H and O–H groups in total. The first-order chi connectivity index (χ1) is 12.1. The van der Waals surface area contributed by atoms with Crippen LogP contribution in [-0.2, 0) is 17.7 Å². The minimum absolute atomic E-state index is 0.0960. The molecular weight excluding hydrogens is 322 g/mol. The van der Waals surface area contributed by atoms with Crippen LogP contribution in [0.2, 0.25) is 0 Å². The molecule has 2 amide bonds. The lowest BCUT2D eigenvalue weighted by atomic mass is 10.1. The molecule has 25 heavy (non-hydrogen) atoms. The van der Waals surface area contributed by atoms with Gasteiger partial charge in [-0.05, 0) is 19.1 Å². The Bertz CT molecular complexity index is 786. The molecule has 0 aromatic carbocycles. The molecule has 3 rings (SSSR count). The lowest BCUT2D eigenvalue weighted by Gasteiger charge is -2.12. The molecule has 3 heterocycles. The van der Waals surface area contributed by atoms with Crippen LogP contribution >= 0.6 is 0 Å². The van der Waals surface area contributed by atoms with Gasteiger partial charge in [0.25, 0.3) is 11.8 Å². The number of methoxy groups -OCH3 is 1. The van der Waals surface area contributed by atoms with Crippen molar-refractivity contribution in [3.05, 3.63) is 47.0 Å². The van der Waals surface area contributed by atoms with Crippen molar-refractivity contribution in [2.24, 2.45) is 0 Å². The molecule has 0 spiro atoms. The van der Waals surface area contributed by atoms with E-state index in [0.717, 1.165) is 5.69 Å². The highest BCUT2D eigenvalue weighted by molar-refractivity contribution is 5.96.